The van der Waals surface area contributed by atoms with Crippen LogP contribution in [-0.2, 0) is 23.9 Å². The molecule has 1 N–H and O–H groups in total. The summed E-state index contributed by atoms with van der Waals surface area (Å²) in [6.07, 6.45) is 4.84. The van der Waals surface area contributed by atoms with E-state index in [1.54, 1.807) is 12.1 Å². The lowest BCUT2D eigenvalue weighted by Gasteiger charge is -2.14. The van der Waals surface area contributed by atoms with Gasteiger partial charge in [0.05, 0.1) is 18.3 Å². The van der Waals surface area contributed by atoms with Gasteiger partial charge in [0.15, 0.2) is 6.61 Å². The van der Waals surface area contributed by atoms with E-state index < -0.39 is 18.5 Å². The molecule has 1 heterocycles. The summed E-state index contributed by atoms with van der Waals surface area (Å²) in [4.78, 5) is 49.8. The minimum absolute atomic E-state index is 0.0121. The summed E-state index contributed by atoms with van der Waals surface area (Å²) < 4.78 is 4.97. The molecule has 1 aromatic rings. The van der Waals surface area contributed by atoms with Gasteiger partial charge in [-0.1, -0.05) is 38.1 Å². The van der Waals surface area contributed by atoms with Gasteiger partial charge in [-0.25, -0.2) is 0 Å². The van der Waals surface area contributed by atoms with E-state index >= 15 is 0 Å². The zero-order valence-corrected chi connectivity index (χ0v) is 16.7. The number of ether oxygens (including phenoxy) is 1. The van der Waals surface area contributed by atoms with Crippen LogP contribution in [-0.4, -0.2) is 41.7 Å². The quantitative estimate of drug-likeness (QED) is 0.433. The number of esters is 1. The van der Waals surface area contributed by atoms with Gasteiger partial charge in [-0.3, -0.25) is 24.1 Å². The number of carbonyl (C=O) groups excluding carboxylic acids is 4. The van der Waals surface area contributed by atoms with Crippen LogP contribution in [0.3, 0.4) is 0 Å². The molecule has 0 spiro atoms. The molecule has 1 fully saturated rings. The minimum Gasteiger partial charge on any atom is -0.456 e. The predicted molar refractivity (Wildman–Crippen MR) is 107 cm³/mol. The molecular formula is C22H26N2O5. The summed E-state index contributed by atoms with van der Waals surface area (Å²) in [5.74, 6) is -1.73. The Morgan fingerprint density at radius 3 is 2.21 bits per heavy atom. The van der Waals surface area contributed by atoms with Crippen LogP contribution in [0.4, 0.5) is 5.69 Å². The maximum atomic E-state index is 12.4. The lowest BCUT2D eigenvalue weighted by atomic mass is 9.85. The molecule has 7 nitrogen and oxygen atoms in total. The standard InChI is InChI=1S/C22H26N2O5/c1-14(2)15-7-9-16(10-8-15)23-19(25)13-29-20(26)11-12-24-21(27)17-5-3-4-6-18(17)22(24)28/h3-4,7-10,14,17-18H,5-6,11-13H2,1-2H3,(H,23,25)/t17-,18-/m0/s1. The van der Waals surface area contributed by atoms with Crippen molar-refractivity contribution < 1.29 is 23.9 Å². The van der Waals surface area contributed by atoms with Gasteiger partial charge in [0, 0.05) is 12.2 Å². The average molecular weight is 398 g/mol. The molecule has 29 heavy (non-hydrogen) atoms. The normalized spacial score (nSPS) is 20.7. The van der Waals surface area contributed by atoms with Gasteiger partial charge >= 0.3 is 5.97 Å². The number of carbonyl (C=O) groups is 4. The van der Waals surface area contributed by atoms with E-state index in [-0.39, 0.29) is 36.6 Å². The summed E-state index contributed by atoms with van der Waals surface area (Å²) >= 11 is 0. The van der Waals surface area contributed by atoms with Crippen molar-refractivity contribution in [3.05, 3.63) is 42.0 Å². The maximum Gasteiger partial charge on any atom is 0.308 e. The molecule has 7 heteroatoms. The highest BCUT2D eigenvalue weighted by Gasteiger charge is 2.46. The highest BCUT2D eigenvalue weighted by Crippen LogP contribution is 2.35. The first kappa shape index (κ1) is 20.8. The molecule has 0 aromatic heterocycles. The zero-order chi connectivity index (χ0) is 21.0. The second-order valence-electron chi connectivity index (χ2n) is 7.72. The SMILES string of the molecule is CC(C)c1ccc(NC(=O)COC(=O)CCN2C(=O)[C@H]3CC=CC[C@@H]3C2=O)cc1. The number of benzene rings is 1. The lowest BCUT2D eigenvalue weighted by molar-refractivity contribution is -0.148. The highest BCUT2D eigenvalue weighted by atomic mass is 16.5. The number of imide groups is 1. The van der Waals surface area contributed by atoms with E-state index in [4.69, 9.17) is 4.74 Å². The van der Waals surface area contributed by atoms with E-state index in [9.17, 15) is 19.2 Å². The number of nitrogens with zero attached hydrogens (tertiary/aromatic N) is 1. The Labute approximate surface area is 170 Å². The zero-order valence-electron chi connectivity index (χ0n) is 16.7. The van der Waals surface area contributed by atoms with Gasteiger partial charge in [-0.2, -0.15) is 0 Å². The van der Waals surface area contributed by atoms with Crippen LogP contribution < -0.4 is 5.32 Å². The number of nitrogens with one attached hydrogen (secondary N) is 1. The van der Waals surface area contributed by atoms with Gasteiger partial charge in [0.1, 0.15) is 0 Å². The van der Waals surface area contributed by atoms with Crippen molar-refractivity contribution in [3.63, 3.8) is 0 Å². The van der Waals surface area contributed by atoms with Crippen molar-refractivity contribution in [2.24, 2.45) is 11.8 Å². The number of rotatable bonds is 7. The third kappa shape index (κ3) is 4.91. The molecule has 2 atom stereocenters. The van der Waals surface area contributed by atoms with Gasteiger partial charge in [-0.05, 0) is 36.5 Å². The molecule has 0 radical (unpaired) electrons. The molecule has 2 aliphatic rings. The van der Waals surface area contributed by atoms with Crippen LogP contribution in [0.1, 0.15) is 44.6 Å². The number of anilines is 1. The third-order valence-electron chi connectivity index (χ3n) is 5.36. The molecule has 0 saturated carbocycles. The first-order chi connectivity index (χ1) is 13.9. The number of fused-ring (bicyclic) bond motifs is 1. The van der Waals surface area contributed by atoms with Crippen molar-refractivity contribution in [2.45, 2.75) is 39.0 Å². The molecule has 1 aliphatic carbocycles. The van der Waals surface area contributed by atoms with Crippen molar-refractivity contribution in [3.8, 4) is 0 Å². The first-order valence-corrected chi connectivity index (χ1v) is 9.92. The number of allylic oxidation sites excluding steroid dienone is 2. The van der Waals surface area contributed by atoms with Crippen LogP contribution in [0.5, 0.6) is 0 Å². The fraction of sp³-hybridized carbons (Fsp3) is 0.455. The van der Waals surface area contributed by atoms with Crippen LogP contribution in [0.15, 0.2) is 36.4 Å². The Morgan fingerprint density at radius 2 is 1.66 bits per heavy atom. The van der Waals surface area contributed by atoms with Crippen molar-refractivity contribution in [1.82, 2.24) is 4.90 Å². The predicted octanol–water partition coefficient (Wildman–Crippen LogP) is 2.63. The molecule has 1 aliphatic heterocycles. The Kier molecular flexibility index (Phi) is 6.46. The van der Waals surface area contributed by atoms with E-state index in [0.717, 1.165) is 10.5 Å². The Hall–Kier alpha value is -2.96. The van der Waals surface area contributed by atoms with Crippen molar-refractivity contribution >= 4 is 29.4 Å². The maximum absolute atomic E-state index is 12.4. The van der Waals surface area contributed by atoms with Gasteiger partial charge in [0.2, 0.25) is 11.8 Å². The van der Waals surface area contributed by atoms with E-state index in [2.05, 4.69) is 19.2 Å². The third-order valence-corrected chi connectivity index (χ3v) is 5.36. The van der Waals surface area contributed by atoms with E-state index in [1.807, 2.05) is 24.3 Å². The number of amides is 3. The fourth-order valence-corrected chi connectivity index (χ4v) is 3.66. The summed E-state index contributed by atoms with van der Waals surface area (Å²) in [6.45, 7) is 3.74. The summed E-state index contributed by atoms with van der Waals surface area (Å²) in [5, 5.41) is 2.67. The summed E-state index contributed by atoms with van der Waals surface area (Å²) in [6, 6.07) is 7.47. The average Bonchev–Trinajstić information content (AvgIpc) is 2.95. The lowest BCUT2D eigenvalue weighted by Crippen LogP contribution is -2.33. The molecular weight excluding hydrogens is 372 g/mol. The highest BCUT2D eigenvalue weighted by molar-refractivity contribution is 6.05. The van der Waals surface area contributed by atoms with E-state index in [1.165, 1.54) is 0 Å². The van der Waals surface area contributed by atoms with Crippen LogP contribution >= 0.6 is 0 Å². The Bertz CT molecular complexity index is 802. The van der Waals surface area contributed by atoms with E-state index in [0.29, 0.717) is 24.4 Å². The molecule has 0 unspecified atom stereocenters. The molecule has 3 rings (SSSR count). The van der Waals surface area contributed by atoms with Gasteiger partial charge < -0.3 is 10.1 Å². The monoisotopic (exact) mass is 398 g/mol. The van der Waals surface area contributed by atoms with Gasteiger partial charge in [0.25, 0.3) is 5.91 Å². The summed E-state index contributed by atoms with van der Waals surface area (Å²) in [7, 11) is 0. The fourth-order valence-electron chi connectivity index (χ4n) is 3.66. The smallest absolute Gasteiger partial charge is 0.308 e. The Balaban J connectivity index is 1.41. The van der Waals surface area contributed by atoms with Crippen LogP contribution in [0.2, 0.25) is 0 Å². The molecule has 3 amide bonds. The minimum atomic E-state index is -0.621. The molecule has 1 aromatic carbocycles. The van der Waals surface area contributed by atoms with Crippen LogP contribution in [0.25, 0.3) is 0 Å². The number of hydrogen-bond acceptors (Lipinski definition) is 5. The largest absolute Gasteiger partial charge is 0.456 e. The molecule has 1 saturated heterocycles. The number of likely N-dealkylation sites (tertiary alicyclic amines) is 1. The topological polar surface area (TPSA) is 92.8 Å². The van der Waals surface area contributed by atoms with Crippen LogP contribution in [0, 0.1) is 11.8 Å². The Morgan fingerprint density at radius 1 is 1.07 bits per heavy atom. The second-order valence-corrected chi connectivity index (χ2v) is 7.72. The second kappa shape index (κ2) is 9.03. The van der Waals surface area contributed by atoms with Crippen molar-refractivity contribution in [2.75, 3.05) is 18.5 Å². The first-order valence-electron chi connectivity index (χ1n) is 9.92. The molecule has 0 bridgehead atoms. The number of hydrogen-bond donors (Lipinski definition) is 1. The molecule has 154 valence electrons. The van der Waals surface area contributed by atoms with Crippen molar-refractivity contribution in [1.29, 1.82) is 0 Å². The van der Waals surface area contributed by atoms with Gasteiger partial charge in [-0.15, -0.1) is 0 Å². The summed E-state index contributed by atoms with van der Waals surface area (Å²) in [5.41, 5.74) is 1.79.